The molecule has 1 amide bonds. The quantitative estimate of drug-likeness (QED) is 0.847. The Bertz CT molecular complexity index is 360. The number of amides is 1. The summed E-state index contributed by atoms with van der Waals surface area (Å²) in [7, 11) is 0. The third-order valence-electron chi connectivity index (χ3n) is 5.68. The van der Waals surface area contributed by atoms with E-state index in [1.165, 1.54) is 32.1 Å². The van der Waals surface area contributed by atoms with Crippen molar-refractivity contribution in [2.45, 2.75) is 71.5 Å². The van der Waals surface area contributed by atoms with Crippen molar-refractivity contribution in [3.63, 3.8) is 0 Å². The lowest BCUT2D eigenvalue weighted by molar-refractivity contribution is -0.131. The van der Waals surface area contributed by atoms with Crippen LogP contribution in [0.15, 0.2) is 0 Å². The number of hydrogen-bond acceptors (Lipinski definition) is 2. The van der Waals surface area contributed by atoms with Crippen molar-refractivity contribution in [3.05, 3.63) is 0 Å². The van der Waals surface area contributed by atoms with E-state index in [4.69, 9.17) is 0 Å². The molecule has 3 aliphatic rings. The third kappa shape index (κ3) is 2.42. The molecule has 1 N–H and O–H groups in total. The van der Waals surface area contributed by atoms with Crippen molar-refractivity contribution >= 4 is 5.91 Å². The van der Waals surface area contributed by atoms with Crippen LogP contribution in [0.1, 0.15) is 59.3 Å². The van der Waals surface area contributed by atoms with Gasteiger partial charge >= 0.3 is 0 Å². The molecule has 1 aliphatic heterocycles. The summed E-state index contributed by atoms with van der Waals surface area (Å²) in [6.45, 7) is 7.75. The summed E-state index contributed by atoms with van der Waals surface area (Å²) in [5.41, 5.74) is 0.463. The van der Waals surface area contributed by atoms with E-state index in [2.05, 4.69) is 31.0 Å². The minimum atomic E-state index is 0.0764. The van der Waals surface area contributed by atoms with E-state index >= 15 is 0 Å². The Kier molecular flexibility index (Phi) is 3.36. The fraction of sp³-hybridized carbons (Fsp3) is 0.938. The minimum absolute atomic E-state index is 0.0764. The average Bonchev–Trinajstić information content (AvgIpc) is 2.78. The molecule has 0 aromatic heterocycles. The minimum Gasteiger partial charge on any atom is -0.325 e. The van der Waals surface area contributed by atoms with Crippen LogP contribution in [-0.2, 0) is 4.79 Å². The maximum absolute atomic E-state index is 12.5. The maximum Gasteiger partial charge on any atom is 0.241 e. The molecule has 2 aliphatic carbocycles. The first-order valence-corrected chi connectivity index (χ1v) is 8.09. The Labute approximate surface area is 117 Å². The van der Waals surface area contributed by atoms with Crippen molar-refractivity contribution in [1.29, 1.82) is 0 Å². The van der Waals surface area contributed by atoms with Crippen LogP contribution < -0.4 is 5.32 Å². The molecule has 3 atom stereocenters. The van der Waals surface area contributed by atoms with Gasteiger partial charge in [-0.3, -0.25) is 10.1 Å². The van der Waals surface area contributed by atoms with Crippen LogP contribution in [0.25, 0.3) is 0 Å². The van der Waals surface area contributed by atoms with Gasteiger partial charge in [-0.1, -0.05) is 33.6 Å². The van der Waals surface area contributed by atoms with E-state index in [9.17, 15) is 4.79 Å². The molecule has 0 aromatic rings. The van der Waals surface area contributed by atoms with Gasteiger partial charge in [0, 0.05) is 6.54 Å². The molecule has 3 fully saturated rings. The third-order valence-corrected chi connectivity index (χ3v) is 5.68. The van der Waals surface area contributed by atoms with E-state index < -0.39 is 0 Å². The van der Waals surface area contributed by atoms with E-state index in [1.54, 1.807) is 0 Å². The van der Waals surface area contributed by atoms with Gasteiger partial charge in [-0.2, -0.15) is 0 Å². The van der Waals surface area contributed by atoms with Gasteiger partial charge in [-0.25, -0.2) is 0 Å². The SMILES string of the molecule is CCC1NC(C2CCCC2)N(CC2CC2(C)C)C1=O. The zero-order valence-electron chi connectivity index (χ0n) is 12.6. The summed E-state index contributed by atoms with van der Waals surface area (Å²) in [6, 6.07) is 0.0764. The Hall–Kier alpha value is -0.570. The fourth-order valence-corrected chi connectivity index (χ4v) is 3.99. The highest BCUT2D eigenvalue weighted by Crippen LogP contribution is 2.52. The highest BCUT2D eigenvalue weighted by Gasteiger charge is 2.50. The van der Waals surface area contributed by atoms with Crippen LogP contribution in [0.3, 0.4) is 0 Å². The molecule has 1 saturated heterocycles. The normalized spacial score (nSPS) is 38.2. The van der Waals surface area contributed by atoms with Crippen molar-refractivity contribution in [1.82, 2.24) is 10.2 Å². The van der Waals surface area contributed by atoms with E-state index in [0.717, 1.165) is 18.9 Å². The molecule has 3 heteroatoms. The second-order valence-corrected chi connectivity index (χ2v) is 7.50. The van der Waals surface area contributed by atoms with Crippen LogP contribution in [0.2, 0.25) is 0 Å². The van der Waals surface area contributed by atoms with Crippen molar-refractivity contribution in [3.8, 4) is 0 Å². The molecule has 2 saturated carbocycles. The molecule has 3 unspecified atom stereocenters. The van der Waals surface area contributed by atoms with Crippen LogP contribution in [0, 0.1) is 17.3 Å². The number of hydrogen-bond donors (Lipinski definition) is 1. The predicted octanol–water partition coefficient (Wildman–Crippen LogP) is 2.76. The second-order valence-electron chi connectivity index (χ2n) is 7.50. The van der Waals surface area contributed by atoms with Crippen molar-refractivity contribution in [2.24, 2.45) is 17.3 Å². The van der Waals surface area contributed by atoms with Gasteiger partial charge in [0.1, 0.15) is 0 Å². The fourth-order valence-electron chi connectivity index (χ4n) is 3.99. The van der Waals surface area contributed by atoms with E-state index in [-0.39, 0.29) is 6.04 Å². The van der Waals surface area contributed by atoms with E-state index in [0.29, 0.717) is 23.4 Å². The monoisotopic (exact) mass is 264 g/mol. The standard InChI is InChI=1S/C16H28N2O/c1-4-13-15(19)18(10-12-9-16(12,2)3)14(17-13)11-7-5-6-8-11/h11-14,17H,4-10H2,1-3H3. The largest absolute Gasteiger partial charge is 0.325 e. The summed E-state index contributed by atoms with van der Waals surface area (Å²) in [5, 5.41) is 3.62. The Morgan fingerprint density at radius 3 is 2.47 bits per heavy atom. The molecule has 1 heterocycles. The topological polar surface area (TPSA) is 32.3 Å². The van der Waals surface area contributed by atoms with Crippen LogP contribution in [0.5, 0.6) is 0 Å². The summed E-state index contributed by atoms with van der Waals surface area (Å²) in [5.74, 6) is 1.78. The van der Waals surface area contributed by atoms with Gasteiger partial charge in [0.2, 0.25) is 5.91 Å². The lowest BCUT2D eigenvalue weighted by atomic mass is 10.0. The van der Waals surface area contributed by atoms with Crippen LogP contribution >= 0.6 is 0 Å². The second kappa shape index (κ2) is 4.76. The van der Waals surface area contributed by atoms with Crippen molar-refractivity contribution < 1.29 is 4.79 Å². The lowest BCUT2D eigenvalue weighted by Crippen LogP contribution is -2.43. The molecule has 3 rings (SSSR count). The average molecular weight is 264 g/mol. The summed E-state index contributed by atoms with van der Waals surface area (Å²) in [6.07, 6.45) is 7.82. The molecular formula is C16H28N2O. The smallest absolute Gasteiger partial charge is 0.241 e. The number of carbonyl (C=O) groups is 1. The lowest BCUT2D eigenvalue weighted by Gasteiger charge is -2.29. The first-order chi connectivity index (χ1) is 9.03. The molecule has 0 spiro atoms. The van der Waals surface area contributed by atoms with Gasteiger partial charge in [-0.05, 0) is 42.9 Å². The maximum atomic E-state index is 12.5. The molecule has 19 heavy (non-hydrogen) atoms. The first kappa shape index (κ1) is 13.4. The molecule has 3 nitrogen and oxygen atoms in total. The Morgan fingerprint density at radius 1 is 1.32 bits per heavy atom. The Balaban J connectivity index is 1.70. The first-order valence-electron chi connectivity index (χ1n) is 8.09. The number of rotatable bonds is 4. The van der Waals surface area contributed by atoms with Gasteiger partial charge in [0.05, 0.1) is 12.2 Å². The molecule has 0 aromatic carbocycles. The molecule has 0 bridgehead atoms. The molecule has 108 valence electrons. The summed E-state index contributed by atoms with van der Waals surface area (Å²) < 4.78 is 0. The molecular weight excluding hydrogens is 236 g/mol. The molecule has 0 radical (unpaired) electrons. The summed E-state index contributed by atoms with van der Waals surface area (Å²) in [4.78, 5) is 14.7. The Morgan fingerprint density at radius 2 is 1.95 bits per heavy atom. The number of nitrogens with one attached hydrogen (secondary N) is 1. The highest BCUT2D eigenvalue weighted by atomic mass is 16.2. The van der Waals surface area contributed by atoms with Gasteiger partial charge < -0.3 is 4.90 Å². The number of carbonyl (C=O) groups excluding carboxylic acids is 1. The van der Waals surface area contributed by atoms with Gasteiger partial charge in [-0.15, -0.1) is 0 Å². The predicted molar refractivity (Wildman–Crippen MR) is 76.6 cm³/mol. The highest BCUT2D eigenvalue weighted by molar-refractivity contribution is 5.84. The van der Waals surface area contributed by atoms with Crippen LogP contribution in [0.4, 0.5) is 0 Å². The zero-order chi connectivity index (χ0) is 13.6. The van der Waals surface area contributed by atoms with E-state index in [1.807, 2.05) is 0 Å². The summed E-state index contributed by atoms with van der Waals surface area (Å²) >= 11 is 0. The van der Waals surface area contributed by atoms with Crippen molar-refractivity contribution in [2.75, 3.05) is 6.54 Å². The van der Waals surface area contributed by atoms with Gasteiger partial charge in [0.25, 0.3) is 0 Å². The van der Waals surface area contributed by atoms with Crippen LogP contribution in [-0.4, -0.2) is 29.6 Å². The number of nitrogens with zero attached hydrogens (tertiary/aromatic N) is 1. The zero-order valence-corrected chi connectivity index (χ0v) is 12.6. The van der Waals surface area contributed by atoms with Gasteiger partial charge in [0.15, 0.2) is 0 Å².